The molecular weight excluding hydrogens is 493 g/mol. The molecule has 1 saturated carbocycles. The van der Waals surface area contributed by atoms with Crippen LogP contribution in [-0.2, 0) is 4.79 Å². The van der Waals surface area contributed by atoms with E-state index in [-0.39, 0.29) is 11.7 Å². The number of rotatable bonds is 7. The first-order valence-electron chi connectivity index (χ1n) is 14.0. The number of fused-ring (bicyclic) bond motifs is 1. The fraction of sp³-hybridized carbons (Fsp3) is 0.387. The highest BCUT2D eigenvalue weighted by Gasteiger charge is 2.28. The Morgan fingerprint density at radius 2 is 1.69 bits per heavy atom. The smallest absolute Gasteiger partial charge is 0.224 e. The number of carbonyl (C=O) groups excluding carboxylic acids is 1. The SMILES string of the molecule is O=C(CCN(c1nc(-c2ccco2)nc2ccccc12)C1CCCCC1)N1CCN(c2ccccc2F)CC1. The van der Waals surface area contributed by atoms with Crippen LogP contribution in [0.2, 0.25) is 0 Å². The lowest BCUT2D eigenvalue weighted by Gasteiger charge is -2.38. The summed E-state index contributed by atoms with van der Waals surface area (Å²) >= 11 is 0. The summed E-state index contributed by atoms with van der Waals surface area (Å²) in [5.41, 5.74) is 1.47. The Morgan fingerprint density at radius 3 is 2.46 bits per heavy atom. The maximum atomic E-state index is 14.3. The summed E-state index contributed by atoms with van der Waals surface area (Å²) in [4.78, 5) is 29.5. The van der Waals surface area contributed by atoms with Crippen molar-refractivity contribution in [2.75, 3.05) is 42.5 Å². The number of anilines is 2. The summed E-state index contributed by atoms with van der Waals surface area (Å²) in [7, 11) is 0. The second-order valence-electron chi connectivity index (χ2n) is 10.4. The lowest BCUT2D eigenvalue weighted by molar-refractivity contribution is -0.131. The maximum absolute atomic E-state index is 14.3. The Kier molecular flexibility index (Phi) is 7.43. The standard InChI is InChI=1S/C31H34FN5O2/c32-25-12-5-7-14-27(25)35-18-20-36(21-19-35)29(38)16-17-37(23-9-2-1-3-10-23)31-24-11-4-6-13-26(24)33-30(34-31)28-15-8-22-39-28/h4-8,11-15,22-23H,1-3,9-10,16-21H2. The highest BCUT2D eigenvalue weighted by molar-refractivity contribution is 5.91. The van der Waals surface area contributed by atoms with Gasteiger partial charge in [-0.3, -0.25) is 4.79 Å². The van der Waals surface area contributed by atoms with Crippen LogP contribution in [0.3, 0.4) is 0 Å². The zero-order valence-corrected chi connectivity index (χ0v) is 22.1. The molecule has 2 aromatic heterocycles. The van der Waals surface area contributed by atoms with Crippen LogP contribution in [0.15, 0.2) is 71.3 Å². The van der Waals surface area contributed by atoms with E-state index < -0.39 is 0 Å². The van der Waals surface area contributed by atoms with Gasteiger partial charge in [-0.1, -0.05) is 43.5 Å². The molecule has 0 N–H and O–H groups in total. The van der Waals surface area contributed by atoms with Crippen molar-refractivity contribution in [3.63, 3.8) is 0 Å². The van der Waals surface area contributed by atoms with Gasteiger partial charge in [-0.05, 0) is 49.2 Å². The number of para-hydroxylation sites is 2. The molecule has 3 heterocycles. The van der Waals surface area contributed by atoms with Crippen molar-refractivity contribution in [2.45, 2.75) is 44.6 Å². The predicted octanol–water partition coefficient (Wildman–Crippen LogP) is 5.91. The first-order valence-corrected chi connectivity index (χ1v) is 14.0. The van der Waals surface area contributed by atoms with E-state index in [9.17, 15) is 9.18 Å². The van der Waals surface area contributed by atoms with Gasteiger partial charge in [0.1, 0.15) is 11.6 Å². The van der Waals surface area contributed by atoms with Crippen molar-refractivity contribution in [1.82, 2.24) is 14.9 Å². The van der Waals surface area contributed by atoms with Crippen LogP contribution in [0.1, 0.15) is 38.5 Å². The topological polar surface area (TPSA) is 65.7 Å². The quantitative estimate of drug-likeness (QED) is 0.298. The number of hydrogen-bond acceptors (Lipinski definition) is 6. The summed E-state index contributed by atoms with van der Waals surface area (Å²) in [6.07, 6.45) is 7.83. The number of aromatic nitrogens is 2. The number of benzene rings is 2. The van der Waals surface area contributed by atoms with E-state index in [2.05, 4.69) is 11.0 Å². The second-order valence-corrected chi connectivity index (χ2v) is 10.4. The molecule has 4 aromatic rings. The molecule has 1 saturated heterocycles. The van der Waals surface area contributed by atoms with E-state index >= 15 is 0 Å². The number of amides is 1. The molecule has 0 spiro atoms. The molecule has 2 aromatic carbocycles. The third-order valence-corrected chi connectivity index (χ3v) is 8.00. The number of hydrogen-bond donors (Lipinski definition) is 0. The molecule has 8 heteroatoms. The number of piperazine rings is 1. The molecule has 1 aliphatic carbocycles. The summed E-state index contributed by atoms with van der Waals surface area (Å²) < 4.78 is 19.9. The van der Waals surface area contributed by atoms with Gasteiger partial charge in [0.2, 0.25) is 5.91 Å². The van der Waals surface area contributed by atoms with Gasteiger partial charge in [0, 0.05) is 50.6 Å². The fourth-order valence-corrected chi connectivity index (χ4v) is 5.93. The summed E-state index contributed by atoms with van der Waals surface area (Å²) in [5, 5.41) is 0.990. The molecule has 1 aliphatic heterocycles. The molecule has 202 valence electrons. The maximum Gasteiger partial charge on any atom is 0.224 e. The Balaban J connectivity index is 1.22. The van der Waals surface area contributed by atoms with Crippen LogP contribution in [0.5, 0.6) is 0 Å². The van der Waals surface area contributed by atoms with Crippen molar-refractivity contribution in [3.05, 3.63) is 72.7 Å². The van der Waals surface area contributed by atoms with Crippen LogP contribution < -0.4 is 9.80 Å². The molecule has 39 heavy (non-hydrogen) atoms. The molecule has 2 aliphatic rings. The zero-order chi connectivity index (χ0) is 26.6. The summed E-state index contributed by atoms with van der Waals surface area (Å²) in [6.45, 7) is 3.03. The average Bonchev–Trinajstić information content (AvgIpc) is 3.53. The summed E-state index contributed by atoms with van der Waals surface area (Å²) in [5.74, 6) is 1.98. The number of carbonyl (C=O) groups is 1. The lowest BCUT2D eigenvalue weighted by atomic mass is 9.93. The Hall–Kier alpha value is -3.94. The minimum Gasteiger partial charge on any atom is -0.461 e. The molecule has 0 bridgehead atoms. The van der Waals surface area contributed by atoms with Crippen LogP contribution in [0.25, 0.3) is 22.5 Å². The van der Waals surface area contributed by atoms with Gasteiger partial charge in [0.05, 0.1) is 17.5 Å². The second kappa shape index (κ2) is 11.4. The van der Waals surface area contributed by atoms with Gasteiger partial charge in [0.15, 0.2) is 11.6 Å². The van der Waals surface area contributed by atoms with E-state index in [1.54, 1.807) is 18.4 Å². The van der Waals surface area contributed by atoms with Crippen LogP contribution in [0, 0.1) is 5.82 Å². The summed E-state index contributed by atoms with van der Waals surface area (Å²) in [6, 6.07) is 19.0. The van der Waals surface area contributed by atoms with Crippen molar-refractivity contribution in [2.24, 2.45) is 0 Å². The number of halogens is 1. The van der Waals surface area contributed by atoms with Gasteiger partial charge >= 0.3 is 0 Å². The minimum atomic E-state index is -0.216. The van der Waals surface area contributed by atoms with E-state index in [1.165, 1.54) is 25.3 Å². The zero-order valence-electron chi connectivity index (χ0n) is 22.1. The Labute approximate surface area is 228 Å². The van der Waals surface area contributed by atoms with Crippen LogP contribution in [0.4, 0.5) is 15.9 Å². The minimum absolute atomic E-state index is 0.133. The molecule has 0 unspecified atom stereocenters. The number of furan rings is 1. The third kappa shape index (κ3) is 5.46. The predicted molar refractivity (Wildman–Crippen MR) is 151 cm³/mol. The normalized spacial score (nSPS) is 16.5. The average molecular weight is 528 g/mol. The van der Waals surface area contributed by atoms with Gasteiger partial charge in [-0.15, -0.1) is 0 Å². The largest absolute Gasteiger partial charge is 0.461 e. The molecule has 7 nitrogen and oxygen atoms in total. The van der Waals surface area contributed by atoms with E-state index in [0.29, 0.717) is 62.5 Å². The first-order chi connectivity index (χ1) is 19.2. The van der Waals surface area contributed by atoms with Crippen molar-refractivity contribution >= 4 is 28.3 Å². The first kappa shape index (κ1) is 25.3. The van der Waals surface area contributed by atoms with Crippen molar-refractivity contribution in [1.29, 1.82) is 0 Å². The molecule has 2 fully saturated rings. The van der Waals surface area contributed by atoms with E-state index in [1.807, 2.05) is 46.2 Å². The molecule has 0 radical (unpaired) electrons. The van der Waals surface area contributed by atoms with Gasteiger partial charge in [0.25, 0.3) is 0 Å². The van der Waals surface area contributed by atoms with E-state index in [4.69, 9.17) is 14.4 Å². The molecule has 6 rings (SSSR count). The third-order valence-electron chi connectivity index (χ3n) is 8.00. The fourth-order valence-electron chi connectivity index (χ4n) is 5.93. The van der Waals surface area contributed by atoms with Crippen LogP contribution in [-0.4, -0.2) is 59.5 Å². The monoisotopic (exact) mass is 527 g/mol. The van der Waals surface area contributed by atoms with Crippen molar-refractivity contribution in [3.8, 4) is 11.6 Å². The van der Waals surface area contributed by atoms with Gasteiger partial charge in [-0.2, -0.15) is 0 Å². The Bertz CT molecular complexity index is 1410. The highest BCUT2D eigenvalue weighted by atomic mass is 19.1. The van der Waals surface area contributed by atoms with Gasteiger partial charge < -0.3 is 19.1 Å². The molecule has 0 atom stereocenters. The highest BCUT2D eigenvalue weighted by Crippen LogP contribution is 2.33. The molecule has 1 amide bonds. The number of nitrogens with zero attached hydrogens (tertiary/aromatic N) is 5. The molecular formula is C31H34FN5O2. The van der Waals surface area contributed by atoms with Gasteiger partial charge in [-0.25, -0.2) is 14.4 Å². The van der Waals surface area contributed by atoms with Crippen molar-refractivity contribution < 1.29 is 13.6 Å². The Morgan fingerprint density at radius 1 is 0.923 bits per heavy atom. The van der Waals surface area contributed by atoms with Crippen LogP contribution >= 0.6 is 0 Å². The van der Waals surface area contributed by atoms with E-state index in [0.717, 1.165) is 29.6 Å². The lowest BCUT2D eigenvalue weighted by Crippen LogP contribution is -2.50.